The van der Waals surface area contributed by atoms with Crippen LogP contribution in [0.3, 0.4) is 0 Å². The number of nitrogens with zero attached hydrogens (tertiary/aromatic N) is 2. The number of benzene rings is 1. The summed E-state index contributed by atoms with van der Waals surface area (Å²) in [6.07, 6.45) is 5.02. The van der Waals surface area contributed by atoms with Gasteiger partial charge in [-0.25, -0.2) is 4.79 Å². The molecule has 0 aliphatic heterocycles. The Hall–Kier alpha value is -2.83. The van der Waals surface area contributed by atoms with E-state index in [4.69, 9.17) is 4.74 Å². The number of aromatic amines is 1. The first-order valence-corrected chi connectivity index (χ1v) is 8.78. The molecule has 1 N–H and O–H groups in total. The lowest BCUT2D eigenvalue weighted by molar-refractivity contribution is 0.308. The first kappa shape index (κ1) is 18.0. The first-order valence-electron chi connectivity index (χ1n) is 8.78. The SMILES string of the molecule is CCCCOc1[c]n(CC(C)C)c(=O)c2ccc(-c3noc(=O)[nH]3)cc12. The van der Waals surface area contributed by atoms with Gasteiger partial charge in [-0.3, -0.25) is 14.3 Å². The number of rotatable bonds is 7. The zero-order chi connectivity index (χ0) is 18.7. The van der Waals surface area contributed by atoms with E-state index in [0.29, 0.717) is 47.0 Å². The Kier molecular flexibility index (Phi) is 5.25. The number of fused-ring (bicyclic) bond motifs is 1. The van der Waals surface area contributed by atoms with E-state index >= 15 is 0 Å². The van der Waals surface area contributed by atoms with Crippen molar-refractivity contribution in [3.05, 3.63) is 45.3 Å². The lowest BCUT2D eigenvalue weighted by Gasteiger charge is -2.14. The molecule has 0 saturated heterocycles. The Bertz CT molecular complexity index is 1010. The number of ether oxygens (including phenoxy) is 1. The van der Waals surface area contributed by atoms with E-state index in [1.807, 2.05) is 13.8 Å². The largest absolute Gasteiger partial charge is 0.491 e. The first-order chi connectivity index (χ1) is 12.5. The van der Waals surface area contributed by atoms with E-state index in [2.05, 4.69) is 27.8 Å². The number of aromatic nitrogens is 3. The predicted molar refractivity (Wildman–Crippen MR) is 98.4 cm³/mol. The highest BCUT2D eigenvalue weighted by molar-refractivity contribution is 5.90. The molecule has 0 bridgehead atoms. The second-order valence-corrected chi connectivity index (χ2v) is 6.66. The molecule has 2 aromatic heterocycles. The van der Waals surface area contributed by atoms with Crippen molar-refractivity contribution in [1.29, 1.82) is 0 Å². The minimum atomic E-state index is -0.626. The van der Waals surface area contributed by atoms with E-state index in [0.717, 1.165) is 12.8 Å². The van der Waals surface area contributed by atoms with Crippen molar-refractivity contribution in [3.63, 3.8) is 0 Å². The molecule has 137 valence electrons. The quantitative estimate of drug-likeness (QED) is 0.657. The van der Waals surface area contributed by atoms with Crippen LogP contribution in [0.2, 0.25) is 0 Å². The van der Waals surface area contributed by atoms with Crippen molar-refractivity contribution in [2.45, 2.75) is 40.2 Å². The zero-order valence-electron chi connectivity index (χ0n) is 15.2. The summed E-state index contributed by atoms with van der Waals surface area (Å²) in [6, 6.07) is 5.21. The Morgan fingerprint density at radius 1 is 1.31 bits per heavy atom. The van der Waals surface area contributed by atoms with Crippen molar-refractivity contribution in [1.82, 2.24) is 14.7 Å². The van der Waals surface area contributed by atoms with E-state index < -0.39 is 5.76 Å². The zero-order valence-corrected chi connectivity index (χ0v) is 15.2. The highest BCUT2D eigenvalue weighted by Crippen LogP contribution is 2.27. The average Bonchev–Trinajstić information content (AvgIpc) is 3.04. The fourth-order valence-corrected chi connectivity index (χ4v) is 2.72. The maximum atomic E-state index is 12.8. The fraction of sp³-hybridized carbons (Fsp3) is 0.421. The molecule has 0 fully saturated rings. The molecule has 0 aliphatic rings. The molecule has 0 unspecified atom stereocenters. The summed E-state index contributed by atoms with van der Waals surface area (Å²) < 4.78 is 12.0. The number of unbranched alkanes of at least 4 members (excludes halogenated alkanes) is 1. The molecule has 3 rings (SSSR count). The van der Waals surface area contributed by atoms with Gasteiger partial charge in [-0.15, -0.1) is 0 Å². The van der Waals surface area contributed by atoms with Gasteiger partial charge in [0, 0.05) is 17.5 Å². The lowest BCUT2D eigenvalue weighted by Crippen LogP contribution is -2.23. The van der Waals surface area contributed by atoms with Crippen LogP contribution in [-0.4, -0.2) is 21.3 Å². The van der Waals surface area contributed by atoms with Crippen LogP contribution in [0.1, 0.15) is 33.6 Å². The number of hydrogen-bond acceptors (Lipinski definition) is 5. The van der Waals surface area contributed by atoms with Crippen molar-refractivity contribution in [2.24, 2.45) is 5.92 Å². The molecule has 0 aliphatic carbocycles. The Labute approximate surface area is 150 Å². The standard InChI is InChI=1S/C19H22N3O4/c1-4-5-8-25-16-11-22(10-12(2)3)18(23)14-7-6-13(9-15(14)16)17-20-19(24)26-21-17/h6-7,9,12H,4-5,8,10H2,1-3H3,(H,20,21,24). The third-order valence-electron chi connectivity index (χ3n) is 3.98. The third kappa shape index (κ3) is 3.71. The maximum absolute atomic E-state index is 12.8. The van der Waals surface area contributed by atoms with Crippen molar-refractivity contribution in [3.8, 4) is 17.1 Å². The minimum Gasteiger partial charge on any atom is -0.491 e. The minimum absolute atomic E-state index is 0.114. The summed E-state index contributed by atoms with van der Waals surface area (Å²) in [4.78, 5) is 26.5. The van der Waals surface area contributed by atoms with Gasteiger partial charge in [0.2, 0.25) is 0 Å². The molecule has 3 aromatic rings. The highest BCUT2D eigenvalue weighted by Gasteiger charge is 2.14. The van der Waals surface area contributed by atoms with E-state index in [-0.39, 0.29) is 5.56 Å². The number of nitrogens with one attached hydrogen (secondary N) is 1. The second-order valence-electron chi connectivity index (χ2n) is 6.66. The van der Waals surface area contributed by atoms with Gasteiger partial charge in [-0.2, -0.15) is 0 Å². The van der Waals surface area contributed by atoms with Crippen LogP contribution in [0, 0.1) is 12.1 Å². The van der Waals surface area contributed by atoms with Crippen LogP contribution in [-0.2, 0) is 6.54 Å². The van der Waals surface area contributed by atoms with Gasteiger partial charge in [0.1, 0.15) is 6.20 Å². The van der Waals surface area contributed by atoms with Gasteiger partial charge in [0.25, 0.3) is 5.56 Å². The smallest absolute Gasteiger partial charge is 0.439 e. The monoisotopic (exact) mass is 356 g/mol. The molecule has 0 saturated carbocycles. The molecule has 0 atom stereocenters. The number of pyridine rings is 1. The van der Waals surface area contributed by atoms with E-state index in [1.165, 1.54) is 0 Å². The summed E-state index contributed by atoms with van der Waals surface area (Å²) in [5.41, 5.74) is 0.523. The Morgan fingerprint density at radius 3 is 2.77 bits per heavy atom. The summed E-state index contributed by atoms with van der Waals surface area (Å²) in [5.74, 6) is 0.520. The summed E-state index contributed by atoms with van der Waals surface area (Å²) >= 11 is 0. The summed E-state index contributed by atoms with van der Waals surface area (Å²) in [5, 5.41) is 4.89. The number of H-pyrrole nitrogens is 1. The molecule has 2 heterocycles. The van der Waals surface area contributed by atoms with Gasteiger partial charge in [0.15, 0.2) is 11.6 Å². The van der Waals surface area contributed by atoms with Gasteiger partial charge in [-0.1, -0.05) is 38.4 Å². The molecule has 0 amide bonds. The maximum Gasteiger partial charge on any atom is 0.439 e. The van der Waals surface area contributed by atoms with Crippen molar-refractivity contribution in [2.75, 3.05) is 6.61 Å². The van der Waals surface area contributed by atoms with Crippen molar-refractivity contribution < 1.29 is 9.26 Å². The van der Waals surface area contributed by atoms with Crippen LogP contribution in [0.5, 0.6) is 5.75 Å². The Morgan fingerprint density at radius 2 is 2.12 bits per heavy atom. The summed E-state index contributed by atoms with van der Waals surface area (Å²) in [6.45, 7) is 7.30. The van der Waals surface area contributed by atoms with Gasteiger partial charge < -0.3 is 9.30 Å². The fourth-order valence-electron chi connectivity index (χ4n) is 2.72. The molecule has 0 spiro atoms. The van der Waals surface area contributed by atoms with Crippen LogP contribution < -0.4 is 16.1 Å². The van der Waals surface area contributed by atoms with Gasteiger partial charge >= 0.3 is 5.76 Å². The van der Waals surface area contributed by atoms with E-state index in [9.17, 15) is 9.59 Å². The number of hydrogen-bond donors (Lipinski definition) is 1. The van der Waals surface area contributed by atoms with Gasteiger partial charge in [0.05, 0.1) is 12.0 Å². The van der Waals surface area contributed by atoms with Crippen molar-refractivity contribution >= 4 is 10.8 Å². The summed E-state index contributed by atoms with van der Waals surface area (Å²) in [7, 11) is 0. The topological polar surface area (TPSA) is 90.1 Å². The van der Waals surface area contributed by atoms with Gasteiger partial charge in [-0.05, 0) is 24.5 Å². The predicted octanol–water partition coefficient (Wildman–Crippen LogP) is 2.98. The normalized spacial score (nSPS) is 11.4. The molecule has 1 aromatic carbocycles. The second kappa shape index (κ2) is 7.59. The lowest BCUT2D eigenvalue weighted by atomic mass is 10.1. The highest BCUT2D eigenvalue weighted by atomic mass is 16.5. The molecule has 26 heavy (non-hydrogen) atoms. The third-order valence-corrected chi connectivity index (χ3v) is 3.98. The molecule has 1 radical (unpaired) electrons. The van der Waals surface area contributed by atoms with Crippen LogP contribution >= 0.6 is 0 Å². The van der Waals surface area contributed by atoms with Crippen LogP contribution in [0.15, 0.2) is 32.3 Å². The molecular formula is C19H22N3O4. The van der Waals surface area contributed by atoms with Crippen LogP contribution in [0.4, 0.5) is 0 Å². The molecule has 7 nitrogen and oxygen atoms in total. The molecule has 7 heteroatoms. The van der Waals surface area contributed by atoms with E-state index in [1.54, 1.807) is 22.8 Å². The van der Waals surface area contributed by atoms with Crippen LogP contribution in [0.25, 0.3) is 22.2 Å². The Balaban J connectivity index is 2.14. The average molecular weight is 356 g/mol. The molecular weight excluding hydrogens is 334 g/mol.